The second kappa shape index (κ2) is 8.97. The summed E-state index contributed by atoms with van der Waals surface area (Å²) in [5.74, 6) is -3.22. The molecule has 0 saturated heterocycles. The van der Waals surface area contributed by atoms with Crippen LogP contribution >= 0.6 is 0 Å². The minimum absolute atomic E-state index is 0.0574. The van der Waals surface area contributed by atoms with Crippen molar-refractivity contribution in [2.24, 2.45) is 9.98 Å². The van der Waals surface area contributed by atoms with Crippen LogP contribution in [-0.4, -0.2) is 27.3 Å². The van der Waals surface area contributed by atoms with E-state index in [2.05, 4.69) is 9.98 Å². The third-order valence-corrected chi connectivity index (χ3v) is 5.51. The van der Waals surface area contributed by atoms with Crippen molar-refractivity contribution < 1.29 is 31.7 Å². The highest BCUT2D eigenvalue weighted by molar-refractivity contribution is 6.48. The second-order valence-electron chi connectivity index (χ2n) is 7.97. The van der Waals surface area contributed by atoms with Crippen LogP contribution in [0.1, 0.15) is 22.6 Å². The number of benzene rings is 2. The number of amidine groups is 1. The van der Waals surface area contributed by atoms with E-state index in [4.69, 9.17) is 4.42 Å². The lowest BCUT2D eigenvalue weighted by molar-refractivity contribution is -0.387. The van der Waals surface area contributed by atoms with E-state index in [1.54, 1.807) is 30.3 Å². The highest BCUT2D eigenvalue weighted by Crippen LogP contribution is 2.34. The summed E-state index contributed by atoms with van der Waals surface area (Å²) in [5.41, 5.74) is -0.208. The Kier molecular flexibility index (Phi) is 5.78. The molecular weight excluding hydrogens is 496 g/mol. The van der Waals surface area contributed by atoms with Crippen molar-refractivity contribution in [3.05, 3.63) is 111 Å². The molecule has 0 unspecified atom stereocenters. The zero-order valence-electron chi connectivity index (χ0n) is 18.6. The fourth-order valence-electron chi connectivity index (χ4n) is 3.81. The molecule has 1 amide bonds. The molecule has 0 saturated carbocycles. The summed E-state index contributed by atoms with van der Waals surface area (Å²) in [5, 5.41) is 11.2. The van der Waals surface area contributed by atoms with E-state index in [-0.39, 0.29) is 40.7 Å². The number of halogens is 4. The Hall–Kier alpha value is -4.87. The molecule has 0 bridgehead atoms. The number of alkyl halides is 3. The molecule has 8 nitrogen and oxygen atoms in total. The Morgan fingerprint density at radius 3 is 2.46 bits per heavy atom. The molecule has 2 aromatic carbocycles. The van der Waals surface area contributed by atoms with E-state index in [1.807, 2.05) is 0 Å². The maximum absolute atomic E-state index is 15.0. The quantitative estimate of drug-likeness (QED) is 0.192. The van der Waals surface area contributed by atoms with Crippen LogP contribution in [0.25, 0.3) is 11.8 Å². The van der Waals surface area contributed by atoms with Gasteiger partial charge < -0.3 is 4.42 Å². The van der Waals surface area contributed by atoms with Crippen molar-refractivity contribution in [2.75, 3.05) is 0 Å². The standard InChI is InChI=1S/C25H14F4N4O4/c26-22-16(7-4-8-20(22)33(35)36)19-13-32-23(17(30-19)11-14-5-2-1-3-6-14)31-18(24(32)34)12-15-9-10-21(37-15)25(27,28)29/h1-10,12-13H,11H2/b18-12-. The first kappa shape index (κ1) is 23.9. The Morgan fingerprint density at radius 1 is 1.03 bits per heavy atom. The minimum Gasteiger partial charge on any atom is -0.452 e. The molecule has 0 spiro atoms. The van der Waals surface area contributed by atoms with Gasteiger partial charge in [-0.3, -0.25) is 19.8 Å². The molecule has 37 heavy (non-hydrogen) atoms. The normalized spacial score (nSPS) is 16.4. The number of carbonyl (C=O) groups excluding carboxylic acids is 1. The van der Waals surface area contributed by atoms with Crippen LogP contribution in [0.3, 0.4) is 0 Å². The summed E-state index contributed by atoms with van der Waals surface area (Å²) in [6, 6.07) is 14.4. The van der Waals surface area contributed by atoms with Gasteiger partial charge in [-0.15, -0.1) is 0 Å². The van der Waals surface area contributed by atoms with E-state index < -0.39 is 34.3 Å². The zero-order chi connectivity index (χ0) is 26.3. The van der Waals surface area contributed by atoms with Crippen molar-refractivity contribution in [1.29, 1.82) is 0 Å². The number of hydrogen-bond donors (Lipinski definition) is 0. The zero-order valence-corrected chi connectivity index (χ0v) is 18.6. The molecule has 0 N–H and O–H groups in total. The van der Waals surface area contributed by atoms with Crippen LogP contribution in [0.15, 0.2) is 87.0 Å². The number of nitrogens with zero attached hydrogens (tertiary/aromatic N) is 4. The fourth-order valence-corrected chi connectivity index (χ4v) is 3.81. The predicted molar refractivity (Wildman–Crippen MR) is 125 cm³/mol. The van der Waals surface area contributed by atoms with Crippen LogP contribution < -0.4 is 0 Å². The maximum Gasteiger partial charge on any atom is 0.449 e. The Morgan fingerprint density at radius 2 is 1.78 bits per heavy atom. The van der Waals surface area contributed by atoms with Crippen LogP contribution in [0.5, 0.6) is 0 Å². The lowest BCUT2D eigenvalue weighted by Crippen LogP contribution is -2.36. The van der Waals surface area contributed by atoms with Gasteiger partial charge in [0.1, 0.15) is 11.5 Å². The van der Waals surface area contributed by atoms with E-state index in [0.29, 0.717) is 0 Å². The van der Waals surface area contributed by atoms with Gasteiger partial charge in [0, 0.05) is 30.3 Å². The molecule has 2 aliphatic rings. The van der Waals surface area contributed by atoms with Crippen molar-refractivity contribution in [2.45, 2.75) is 12.6 Å². The van der Waals surface area contributed by atoms with Crippen molar-refractivity contribution in [3.63, 3.8) is 0 Å². The predicted octanol–water partition coefficient (Wildman–Crippen LogP) is 5.62. The maximum atomic E-state index is 15.0. The number of nitro benzene ring substituents is 1. The number of rotatable bonds is 5. The Labute approximate surface area is 205 Å². The smallest absolute Gasteiger partial charge is 0.449 e. The molecule has 5 rings (SSSR count). The van der Waals surface area contributed by atoms with E-state index >= 15 is 0 Å². The first-order chi connectivity index (χ1) is 17.6. The number of aliphatic imine (C=N–C) groups is 2. The van der Waals surface area contributed by atoms with Gasteiger partial charge in [0.15, 0.2) is 5.84 Å². The highest BCUT2D eigenvalue weighted by Gasteiger charge is 2.37. The van der Waals surface area contributed by atoms with Gasteiger partial charge >= 0.3 is 11.9 Å². The van der Waals surface area contributed by atoms with Crippen molar-refractivity contribution >= 4 is 34.9 Å². The minimum atomic E-state index is -4.70. The number of furan rings is 1. The molecule has 3 heterocycles. The number of amides is 1. The SMILES string of the molecule is O=C1/C(=C/c2ccc(C(F)(F)F)o2)N=C2C(Cc3ccccc3)=NC(c3cccc([N+](=O)[O-])c3F)=CN12. The van der Waals surface area contributed by atoms with Crippen LogP contribution in [0, 0.1) is 15.9 Å². The lowest BCUT2D eigenvalue weighted by atomic mass is 10.0. The summed E-state index contributed by atoms with van der Waals surface area (Å²) in [6.45, 7) is 0. The van der Waals surface area contributed by atoms with Gasteiger partial charge in [0.05, 0.1) is 16.3 Å². The average molecular weight is 510 g/mol. The number of carbonyl (C=O) groups is 1. The van der Waals surface area contributed by atoms with Crippen LogP contribution in [0.4, 0.5) is 23.2 Å². The lowest BCUT2D eigenvalue weighted by Gasteiger charge is -2.22. The first-order valence-corrected chi connectivity index (χ1v) is 10.7. The average Bonchev–Trinajstić information content (AvgIpc) is 3.45. The Balaban J connectivity index is 1.59. The third-order valence-electron chi connectivity index (χ3n) is 5.51. The van der Waals surface area contributed by atoms with Crippen molar-refractivity contribution in [1.82, 2.24) is 4.90 Å². The number of nitro groups is 1. The molecule has 2 aliphatic heterocycles. The van der Waals surface area contributed by atoms with Crippen LogP contribution in [0.2, 0.25) is 0 Å². The highest BCUT2D eigenvalue weighted by atomic mass is 19.4. The number of fused-ring (bicyclic) bond motifs is 1. The van der Waals surface area contributed by atoms with Crippen LogP contribution in [-0.2, 0) is 17.4 Å². The monoisotopic (exact) mass is 510 g/mol. The van der Waals surface area contributed by atoms with E-state index in [1.165, 1.54) is 18.3 Å². The second-order valence-corrected chi connectivity index (χ2v) is 7.97. The topological polar surface area (TPSA) is 101 Å². The molecule has 1 aromatic heterocycles. The molecule has 3 aromatic rings. The number of hydrogen-bond acceptors (Lipinski definition) is 6. The third kappa shape index (κ3) is 4.56. The molecular formula is C25H14F4N4O4. The Bertz CT molecular complexity index is 1550. The molecule has 186 valence electrons. The summed E-state index contributed by atoms with van der Waals surface area (Å²) >= 11 is 0. The molecule has 0 radical (unpaired) electrons. The van der Waals surface area contributed by atoms with Gasteiger partial charge in [-0.25, -0.2) is 9.98 Å². The largest absolute Gasteiger partial charge is 0.452 e. The molecule has 0 atom stereocenters. The summed E-state index contributed by atoms with van der Waals surface area (Å²) in [4.78, 5) is 33.3. The van der Waals surface area contributed by atoms with Gasteiger partial charge in [-0.05, 0) is 23.8 Å². The van der Waals surface area contributed by atoms with Crippen molar-refractivity contribution in [3.8, 4) is 0 Å². The summed E-state index contributed by atoms with van der Waals surface area (Å²) in [6.07, 6.45) is -2.29. The molecule has 0 aliphatic carbocycles. The van der Waals surface area contributed by atoms with E-state index in [9.17, 15) is 32.5 Å². The fraction of sp³-hybridized carbons (Fsp3) is 0.0800. The molecule has 12 heteroatoms. The van der Waals surface area contributed by atoms with Gasteiger partial charge in [-0.2, -0.15) is 17.6 Å². The summed E-state index contributed by atoms with van der Waals surface area (Å²) < 4.78 is 58.4. The van der Waals surface area contributed by atoms with E-state index in [0.717, 1.165) is 34.7 Å². The van der Waals surface area contributed by atoms with Gasteiger partial charge in [0.25, 0.3) is 5.91 Å². The first-order valence-electron chi connectivity index (χ1n) is 10.7. The van der Waals surface area contributed by atoms with Gasteiger partial charge in [-0.1, -0.05) is 36.4 Å². The van der Waals surface area contributed by atoms with Gasteiger partial charge in [0.2, 0.25) is 11.6 Å². The summed E-state index contributed by atoms with van der Waals surface area (Å²) in [7, 11) is 0. The molecule has 0 fully saturated rings.